The van der Waals surface area contributed by atoms with Gasteiger partial charge in [0.1, 0.15) is 5.82 Å². The predicted octanol–water partition coefficient (Wildman–Crippen LogP) is 1.75. The number of rotatable bonds is 3. The molecule has 1 aliphatic rings. The highest BCUT2D eigenvalue weighted by atomic mass is 19.1. The Morgan fingerprint density at radius 2 is 2.33 bits per heavy atom. The van der Waals surface area contributed by atoms with Gasteiger partial charge in [-0.05, 0) is 37.1 Å². The molecule has 1 aliphatic heterocycles. The topological polar surface area (TPSA) is 29.3 Å². The van der Waals surface area contributed by atoms with Crippen molar-refractivity contribution >= 4 is 0 Å². The van der Waals surface area contributed by atoms with Crippen LogP contribution in [0.2, 0.25) is 0 Å². The maximum absolute atomic E-state index is 13.0. The van der Waals surface area contributed by atoms with Gasteiger partial charge in [0.25, 0.3) is 0 Å². The maximum Gasteiger partial charge on any atom is 0.123 e. The van der Waals surface area contributed by atoms with E-state index in [1.807, 2.05) is 6.07 Å². The highest BCUT2D eigenvalue weighted by Gasteiger charge is 2.22. The van der Waals surface area contributed by atoms with Crippen molar-refractivity contribution in [1.82, 2.24) is 4.90 Å². The Morgan fingerprint density at radius 3 is 3.07 bits per heavy atom. The van der Waals surface area contributed by atoms with Gasteiger partial charge >= 0.3 is 0 Å². The molecule has 0 saturated carbocycles. The SMILES string of the molecule is NCC1CCCN1Cc1cccc(F)c1. The van der Waals surface area contributed by atoms with Crippen molar-refractivity contribution in [2.24, 2.45) is 5.73 Å². The zero-order valence-electron chi connectivity index (χ0n) is 8.82. The van der Waals surface area contributed by atoms with Gasteiger partial charge in [-0.2, -0.15) is 0 Å². The van der Waals surface area contributed by atoms with Crippen LogP contribution < -0.4 is 5.73 Å². The van der Waals surface area contributed by atoms with Gasteiger partial charge in [-0.1, -0.05) is 12.1 Å². The summed E-state index contributed by atoms with van der Waals surface area (Å²) in [5.41, 5.74) is 6.73. The fraction of sp³-hybridized carbons (Fsp3) is 0.500. The molecule has 1 fully saturated rings. The van der Waals surface area contributed by atoms with Crippen LogP contribution in [0, 0.1) is 5.82 Å². The third-order valence-corrected chi connectivity index (χ3v) is 3.05. The van der Waals surface area contributed by atoms with Crippen molar-refractivity contribution in [3.8, 4) is 0 Å². The Kier molecular flexibility index (Phi) is 3.34. The van der Waals surface area contributed by atoms with Gasteiger partial charge in [0.15, 0.2) is 0 Å². The molecular formula is C12H17FN2. The van der Waals surface area contributed by atoms with E-state index in [0.717, 1.165) is 18.7 Å². The van der Waals surface area contributed by atoms with Crippen LogP contribution in [0.1, 0.15) is 18.4 Å². The highest BCUT2D eigenvalue weighted by molar-refractivity contribution is 5.16. The van der Waals surface area contributed by atoms with E-state index in [-0.39, 0.29) is 5.82 Å². The third kappa shape index (κ3) is 2.55. The monoisotopic (exact) mass is 208 g/mol. The summed E-state index contributed by atoms with van der Waals surface area (Å²) in [5.74, 6) is -0.156. The van der Waals surface area contributed by atoms with Crippen LogP contribution >= 0.6 is 0 Å². The van der Waals surface area contributed by atoms with Gasteiger partial charge in [-0.3, -0.25) is 4.90 Å². The number of halogens is 1. The predicted molar refractivity (Wildman–Crippen MR) is 58.9 cm³/mol. The molecule has 0 bridgehead atoms. The van der Waals surface area contributed by atoms with Gasteiger partial charge in [0, 0.05) is 19.1 Å². The van der Waals surface area contributed by atoms with E-state index >= 15 is 0 Å². The standard InChI is InChI=1S/C12H17FN2/c13-11-4-1-3-10(7-11)9-15-6-2-5-12(15)8-14/h1,3-4,7,12H,2,5-6,8-9,14H2. The molecule has 1 unspecified atom stereocenters. The van der Waals surface area contributed by atoms with Crippen LogP contribution in [0.5, 0.6) is 0 Å². The Balaban J connectivity index is 2.02. The lowest BCUT2D eigenvalue weighted by molar-refractivity contribution is 0.250. The van der Waals surface area contributed by atoms with Crippen molar-refractivity contribution < 1.29 is 4.39 Å². The Bertz CT molecular complexity index is 327. The van der Waals surface area contributed by atoms with Crippen molar-refractivity contribution in [2.75, 3.05) is 13.1 Å². The fourth-order valence-electron chi connectivity index (χ4n) is 2.24. The largest absolute Gasteiger partial charge is 0.329 e. The molecule has 0 amide bonds. The van der Waals surface area contributed by atoms with Gasteiger partial charge in [0.05, 0.1) is 0 Å². The molecule has 1 atom stereocenters. The smallest absolute Gasteiger partial charge is 0.123 e. The Hall–Kier alpha value is -0.930. The van der Waals surface area contributed by atoms with E-state index in [9.17, 15) is 4.39 Å². The number of hydrogen-bond donors (Lipinski definition) is 1. The Labute approximate surface area is 89.9 Å². The van der Waals surface area contributed by atoms with Crippen LogP contribution in [0.3, 0.4) is 0 Å². The normalized spacial score (nSPS) is 22.1. The van der Waals surface area contributed by atoms with Gasteiger partial charge < -0.3 is 5.73 Å². The third-order valence-electron chi connectivity index (χ3n) is 3.05. The quantitative estimate of drug-likeness (QED) is 0.820. The molecule has 0 aliphatic carbocycles. The van der Waals surface area contributed by atoms with Gasteiger partial charge in [-0.15, -0.1) is 0 Å². The summed E-state index contributed by atoms with van der Waals surface area (Å²) in [4.78, 5) is 2.34. The van der Waals surface area contributed by atoms with Gasteiger partial charge in [0.2, 0.25) is 0 Å². The van der Waals surface area contributed by atoms with Crippen LogP contribution in [-0.4, -0.2) is 24.0 Å². The lowest BCUT2D eigenvalue weighted by atomic mass is 10.2. The molecule has 15 heavy (non-hydrogen) atoms. The molecular weight excluding hydrogens is 191 g/mol. The number of likely N-dealkylation sites (tertiary alicyclic amines) is 1. The summed E-state index contributed by atoms with van der Waals surface area (Å²) in [6.45, 7) is 2.60. The second kappa shape index (κ2) is 4.73. The molecule has 1 aromatic rings. The van der Waals surface area contributed by atoms with E-state index in [1.54, 1.807) is 12.1 Å². The number of benzene rings is 1. The minimum Gasteiger partial charge on any atom is -0.329 e. The van der Waals surface area contributed by atoms with E-state index in [0.29, 0.717) is 12.6 Å². The van der Waals surface area contributed by atoms with Crippen molar-refractivity contribution in [3.05, 3.63) is 35.6 Å². The first-order chi connectivity index (χ1) is 7.29. The van der Waals surface area contributed by atoms with E-state index in [2.05, 4.69) is 4.90 Å². The number of hydrogen-bond acceptors (Lipinski definition) is 2. The van der Waals surface area contributed by atoms with E-state index in [1.165, 1.54) is 18.9 Å². The first kappa shape index (κ1) is 10.6. The zero-order chi connectivity index (χ0) is 10.7. The maximum atomic E-state index is 13.0. The average Bonchev–Trinajstić information content (AvgIpc) is 2.65. The van der Waals surface area contributed by atoms with Crippen LogP contribution in [0.4, 0.5) is 4.39 Å². The summed E-state index contributed by atoms with van der Waals surface area (Å²) < 4.78 is 13.0. The second-order valence-electron chi connectivity index (χ2n) is 4.13. The molecule has 1 saturated heterocycles. The molecule has 1 heterocycles. The molecule has 2 N–H and O–H groups in total. The molecule has 0 spiro atoms. The van der Waals surface area contributed by atoms with Crippen LogP contribution in [-0.2, 0) is 6.54 Å². The minimum atomic E-state index is -0.156. The Morgan fingerprint density at radius 1 is 1.47 bits per heavy atom. The number of nitrogens with zero attached hydrogens (tertiary/aromatic N) is 1. The minimum absolute atomic E-state index is 0.156. The molecule has 3 heteroatoms. The summed E-state index contributed by atoms with van der Waals surface area (Å²) in [7, 11) is 0. The first-order valence-corrected chi connectivity index (χ1v) is 5.48. The van der Waals surface area contributed by atoms with E-state index in [4.69, 9.17) is 5.73 Å². The number of nitrogens with two attached hydrogens (primary N) is 1. The van der Waals surface area contributed by atoms with Crippen LogP contribution in [0.15, 0.2) is 24.3 Å². The highest BCUT2D eigenvalue weighted by Crippen LogP contribution is 2.19. The summed E-state index contributed by atoms with van der Waals surface area (Å²) in [6.07, 6.45) is 2.38. The van der Waals surface area contributed by atoms with Crippen LogP contribution in [0.25, 0.3) is 0 Å². The van der Waals surface area contributed by atoms with Crippen molar-refractivity contribution in [3.63, 3.8) is 0 Å². The van der Waals surface area contributed by atoms with Crippen molar-refractivity contribution in [1.29, 1.82) is 0 Å². The first-order valence-electron chi connectivity index (χ1n) is 5.48. The summed E-state index contributed by atoms with van der Waals surface area (Å²) in [6, 6.07) is 7.29. The van der Waals surface area contributed by atoms with Crippen molar-refractivity contribution in [2.45, 2.75) is 25.4 Å². The molecule has 0 radical (unpaired) electrons. The molecule has 0 aromatic heterocycles. The molecule has 82 valence electrons. The van der Waals surface area contributed by atoms with E-state index < -0.39 is 0 Å². The lowest BCUT2D eigenvalue weighted by Gasteiger charge is -2.22. The second-order valence-corrected chi connectivity index (χ2v) is 4.13. The summed E-state index contributed by atoms with van der Waals surface area (Å²) in [5, 5.41) is 0. The molecule has 1 aromatic carbocycles. The van der Waals surface area contributed by atoms with Gasteiger partial charge in [-0.25, -0.2) is 4.39 Å². The molecule has 2 rings (SSSR count). The lowest BCUT2D eigenvalue weighted by Crippen LogP contribution is -2.34. The zero-order valence-corrected chi connectivity index (χ0v) is 8.82. The fourth-order valence-corrected chi connectivity index (χ4v) is 2.24. The summed E-state index contributed by atoms with van der Waals surface area (Å²) >= 11 is 0. The molecule has 2 nitrogen and oxygen atoms in total. The average molecular weight is 208 g/mol.